The lowest BCUT2D eigenvalue weighted by molar-refractivity contribution is -0.357. The van der Waals surface area contributed by atoms with Gasteiger partial charge in [-0.05, 0) is 0 Å². The molecule has 0 heterocycles. The van der Waals surface area contributed by atoms with Crippen molar-refractivity contribution in [2.24, 2.45) is 0 Å². The molecule has 0 radical (unpaired) electrons. The summed E-state index contributed by atoms with van der Waals surface area (Å²) in [5, 5.41) is 0. The van der Waals surface area contributed by atoms with Gasteiger partial charge in [0, 0.05) is 13.8 Å². The molecule has 0 saturated heterocycles. The predicted octanol–water partition coefficient (Wildman–Crippen LogP) is 3.57. The SMILES string of the molecule is CC(F)(F)C(F)(C(C)(F)F)C(F)(F)F. The van der Waals surface area contributed by atoms with Crippen molar-refractivity contribution in [2.45, 2.75) is 37.5 Å². The fourth-order valence-corrected chi connectivity index (χ4v) is 0.883. The summed E-state index contributed by atoms with van der Waals surface area (Å²) in [4.78, 5) is 0. The summed E-state index contributed by atoms with van der Waals surface area (Å²) < 4.78 is 96.7. The summed E-state index contributed by atoms with van der Waals surface area (Å²) in [6.07, 6.45) is -6.34. The van der Waals surface area contributed by atoms with Gasteiger partial charge in [-0.15, -0.1) is 0 Å². The van der Waals surface area contributed by atoms with Crippen LogP contribution < -0.4 is 0 Å². The highest BCUT2D eigenvalue weighted by Gasteiger charge is 2.79. The zero-order chi connectivity index (χ0) is 12.0. The number of hydrogen-bond acceptors (Lipinski definition) is 0. The topological polar surface area (TPSA) is 0 Å². The minimum Gasteiger partial charge on any atom is -0.220 e. The van der Waals surface area contributed by atoms with Crippen LogP contribution in [-0.4, -0.2) is 23.7 Å². The van der Waals surface area contributed by atoms with E-state index in [1.54, 1.807) is 0 Å². The second-order valence-electron chi connectivity index (χ2n) is 2.93. The van der Waals surface area contributed by atoms with Crippen molar-refractivity contribution in [1.82, 2.24) is 0 Å². The molecule has 0 aliphatic carbocycles. The van der Waals surface area contributed by atoms with Gasteiger partial charge in [-0.3, -0.25) is 0 Å². The van der Waals surface area contributed by atoms with E-state index < -0.39 is 37.5 Å². The number of rotatable bonds is 2. The Bertz CT molecular complexity index is 167. The van der Waals surface area contributed by atoms with E-state index in [-0.39, 0.29) is 0 Å². The standard InChI is InChI=1S/C6H6F8/c1-3(7,8)5(11,4(2,9)10)6(12,13)14/h1-2H3. The van der Waals surface area contributed by atoms with Crippen LogP contribution in [0.15, 0.2) is 0 Å². The normalized spacial score (nSPS) is 15.9. The molecule has 0 aromatic rings. The molecule has 0 nitrogen and oxygen atoms in total. The van der Waals surface area contributed by atoms with Gasteiger partial charge in [-0.25, -0.2) is 22.0 Å². The van der Waals surface area contributed by atoms with Crippen LogP contribution in [0.5, 0.6) is 0 Å². The summed E-state index contributed by atoms with van der Waals surface area (Å²) in [6, 6.07) is 0. The molecular formula is C6H6F8. The van der Waals surface area contributed by atoms with Crippen LogP contribution in [-0.2, 0) is 0 Å². The molecule has 0 aliphatic rings. The third-order valence-electron chi connectivity index (χ3n) is 1.60. The largest absolute Gasteiger partial charge is 0.434 e. The number of hydrogen-bond donors (Lipinski definition) is 0. The molecule has 0 fully saturated rings. The molecule has 86 valence electrons. The highest BCUT2D eigenvalue weighted by atomic mass is 19.4. The molecule has 0 saturated carbocycles. The predicted molar refractivity (Wildman–Crippen MR) is 31.1 cm³/mol. The van der Waals surface area contributed by atoms with Crippen LogP contribution >= 0.6 is 0 Å². The van der Waals surface area contributed by atoms with Gasteiger partial charge >= 0.3 is 11.8 Å². The molecule has 0 N–H and O–H groups in total. The Morgan fingerprint density at radius 2 is 0.786 bits per heavy atom. The summed E-state index contributed by atoms with van der Waals surface area (Å²) in [7, 11) is 0. The Hall–Kier alpha value is -0.560. The molecule has 0 bridgehead atoms. The molecular weight excluding hydrogens is 224 g/mol. The van der Waals surface area contributed by atoms with Gasteiger partial charge in [0.05, 0.1) is 0 Å². The maximum Gasteiger partial charge on any atom is 0.434 e. The van der Waals surface area contributed by atoms with Crippen LogP contribution in [0.2, 0.25) is 0 Å². The quantitative estimate of drug-likeness (QED) is 0.636. The Balaban J connectivity index is 5.54. The molecule has 0 aliphatic heterocycles. The summed E-state index contributed by atoms with van der Waals surface area (Å²) in [5.41, 5.74) is -5.85. The van der Waals surface area contributed by atoms with Crippen molar-refractivity contribution >= 4 is 0 Å². The molecule has 0 aromatic heterocycles. The average molecular weight is 230 g/mol. The van der Waals surface area contributed by atoms with Crippen molar-refractivity contribution in [1.29, 1.82) is 0 Å². The Kier molecular flexibility index (Phi) is 2.84. The first-order valence-corrected chi connectivity index (χ1v) is 3.26. The maximum absolute atomic E-state index is 12.7. The van der Waals surface area contributed by atoms with Crippen LogP contribution in [0, 0.1) is 0 Å². The first-order valence-electron chi connectivity index (χ1n) is 3.26. The Morgan fingerprint density at radius 1 is 0.571 bits per heavy atom. The van der Waals surface area contributed by atoms with Gasteiger partial charge in [0.25, 0.3) is 11.8 Å². The number of alkyl halides is 8. The lowest BCUT2D eigenvalue weighted by atomic mass is 9.91. The second-order valence-corrected chi connectivity index (χ2v) is 2.93. The van der Waals surface area contributed by atoms with E-state index in [1.165, 1.54) is 0 Å². The fourth-order valence-electron chi connectivity index (χ4n) is 0.883. The van der Waals surface area contributed by atoms with Gasteiger partial charge in [0.15, 0.2) is 0 Å². The van der Waals surface area contributed by atoms with E-state index in [2.05, 4.69) is 0 Å². The first kappa shape index (κ1) is 13.4. The van der Waals surface area contributed by atoms with Crippen molar-refractivity contribution in [3.05, 3.63) is 0 Å². The molecule has 0 aromatic carbocycles. The van der Waals surface area contributed by atoms with Gasteiger partial charge in [-0.2, -0.15) is 13.2 Å². The Labute approximate surface area is 73.9 Å². The van der Waals surface area contributed by atoms with Crippen LogP contribution in [0.3, 0.4) is 0 Å². The molecule has 8 heteroatoms. The van der Waals surface area contributed by atoms with Crippen molar-refractivity contribution in [3.63, 3.8) is 0 Å². The lowest BCUT2D eigenvalue weighted by Gasteiger charge is -2.36. The summed E-state index contributed by atoms with van der Waals surface area (Å²) in [6.45, 7) is -1.09. The first-order chi connectivity index (χ1) is 5.75. The van der Waals surface area contributed by atoms with E-state index in [9.17, 15) is 35.1 Å². The van der Waals surface area contributed by atoms with Gasteiger partial charge in [0.2, 0.25) is 0 Å². The van der Waals surface area contributed by atoms with Crippen LogP contribution in [0.4, 0.5) is 35.1 Å². The molecule has 0 rings (SSSR count). The molecule has 14 heavy (non-hydrogen) atoms. The van der Waals surface area contributed by atoms with Crippen molar-refractivity contribution in [3.8, 4) is 0 Å². The molecule has 0 amide bonds. The minimum atomic E-state index is -6.34. The van der Waals surface area contributed by atoms with Gasteiger partial charge in [0.1, 0.15) is 0 Å². The highest BCUT2D eigenvalue weighted by Crippen LogP contribution is 2.53. The van der Waals surface area contributed by atoms with E-state index >= 15 is 0 Å². The average Bonchev–Trinajstić information content (AvgIpc) is 1.77. The molecule has 0 atom stereocenters. The third kappa shape index (κ3) is 1.78. The second kappa shape index (κ2) is 2.96. The maximum atomic E-state index is 12.7. The zero-order valence-corrected chi connectivity index (χ0v) is 7.02. The fraction of sp³-hybridized carbons (Fsp3) is 1.00. The summed E-state index contributed by atoms with van der Waals surface area (Å²) in [5.74, 6) is -10.4. The number of halogens is 8. The lowest BCUT2D eigenvalue weighted by Crippen LogP contribution is -2.63. The van der Waals surface area contributed by atoms with Crippen molar-refractivity contribution in [2.75, 3.05) is 0 Å². The summed E-state index contributed by atoms with van der Waals surface area (Å²) >= 11 is 0. The van der Waals surface area contributed by atoms with Gasteiger partial charge in [-0.1, -0.05) is 0 Å². The monoisotopic (exact) mass is 230 g/mol. The third-order valence-corrected chi connectivity index (χ3v) is 1.60. The van der Waals surface area contributed by atoms with E-state index in [0.29, 0.717) is 0 Å². The zero-order valence-electron chi connectivity index (χ0n) is 7.02. The Morgan fingerprint density at radius 3 is 0.786 bits per heavy atom. The van der Waals surface area contributed by atoms with Crippen LogP contribution in [0.1, 0.15) is 13.8 Å². The smallest absolute Gasteiger partial charge is 0.220 e. The molecule has 0 spiro atoms. The highest BCUT2D eigenvalue weighted by molar-refractivity contribution is 5.05. The van der Waals surface area contributed by atoms with Crippen LogP contribution in [0.25, 0.3) is 0 Å². The van der Waals surface area contributed by atoms with E-state index in [0.717, 1.165) is 0 Å². The molecule has 0 unspecified atom stereocenters. The van der Waals surface area contributed by atoms with Crippen molar-refractivity contribution < 1.29 is 35.1 Å². The van der Waals surface area contributed by atoms with Gasteiger partial charge < -0.3 is 0 Å². The van der Waals surface area contributed by atoms with E-state index in [1.807, 2.05) is 0 Å². The van der Waals surface area contributed by atoms with E-state index in [4.69, 9.17) is 0 Å². The minimum absolute atomic E-state index is 0.544.